The number of ether oxygens (including phenoxy) is 2. The molecule has 12 nitrogen and oxygen atoms in total. The minimum atomic E-state index is -0.518. The Morgan fingerprint density at radius 2 is 1.89 bits per heavy atom. The number of anilines is 3. The zero-order chi connectivity index (χ0) is 26.4. The molecule has 1 aromatic carbocycles. The Hall–Kier alpha value is -4.48. The smallest absolute Gasteiger partial charge is 0.410 e. The molecule has 4 aromatic rings. The van der Waals surface area contributed by atoms with Gasteiger partial charge in [-0.15, -0.1) is 5.10 Å². The van der Waals surface area contributed by atoms with Gasteiger partial charge >= 0.3 is 6.09 Å². The number of benzene rings is 1. The molecule has 1 amide bonds. The zero-order valence-corrected chi connectivity index (χ0v) is 21.7. The molecule has 0 saturated carbocycles. The van der Waals surface area contributed by atoms with Crippen LogP contribution in [0, 0.1) is 0 Å². The van der Waals surface area contributed by atoms with E-state index in [-0.39, 0.29) is 18.2 Å². The van der Waals surface area contributed by atoms with Gasteiger partial charge in [0.1, 0.15) is 29.3 Å². The SMILES string of the molecule is COc1ccc2c(Nc3cnccn3)nn(-c3cc(N4C[C@@H]5C[C@H]4CN5C(=O)OC(C)(C)C)ncn3)c2c1. The zero-order valence-electron chi connectivity index (χ0n) is 21.7. The number of fused-ring (bicyclic) bond motifs is 3. The molecular weight excluding hydrogens is 486 g/mol. The number of rotatable bonds is 5. The Kier molecular flexibility index (Phi) is 5.73. The van der Waals surface area contributed by atoms with Crippen molar-refractivity contribution in [1.29, 1.82) is 0 Å². The number of aromatic nitrogens is 6. The maximum atomic E-state index is 12.7. The van der Waals surface area contributed by atoms with E-state index >= 15 is 0 Å². The average molecular weight is 516 g/mol. The molecule has 196 valence electrons. The molecule has 12 heteroatoms. The van der Waals surface area contributed by atoms with E-state index in [0.717, 1.165) is 23.1 Å². The molecule has 0 radical (unpaired) electrons. The maximum Gasteiger partial charge on any atom is 0.410 e. The van der Waals surface area contributed by atoms with Crippen LogP contribution in [0.15, 0.2) is 49.2 Å². The minimum Gasteiger partial charge on any atom is -0.497 e. The monoisotopic (exact) mass is 515 g/mol. The van der Waals surface area contributed by atoms with Crippen LogP contribution < -0.4 is 15.0 Å². The topological polar surface area (TPSA) is 123 Å². The molecule has 38 heavy (non-hydrogen) atoms. The third-order valence-electron chi connectivity index (χ3n) is 6.72. The summed E-state index contributed by atoms with van der Waals surface area (Å²) in [6, 6.07) is 7.94. The largest absolute Gasteiger partial charge is 0.497 e. The Labute approximate surface area is 219 Å². The molecule has 2 saturated heterocycles. The van der Waals surface area contributed by atoms with Gasteiger partial charge in [0.05, 0.1) is 30.9 Å². The van der Waals surface area contributed by atoms with Gasteiger partial charge in [-0.2, -0.15) is 0 Å². The highest BCUT2D eigenvalue weighted by Gasteiger charge is 2.47. The second-order valence-electron chi connectivity index (χ2n) is 10.4. The Bertz CT molecular complexity index is 1480. The van der Waals surface area contributed by atoms with E-state index in [0.29, 0.717) is 36.3 Å². The van der Waals surface area contributed by atoms with Crippen LogP contribution in [0.4, 0.5) is 22.2 Å². The first-order chi connectivity index (χ1) is 18.3. The van der Waals surface area contributed by atoms with Crippen LogP contribution >= 0.6 is 0 Å². The van der Waals surface area contributed by atoms with E-state index in [1.807, 2.05) is 49.9 Å². The number of carbonyl (C=O) groups excluding carboxylic acids is 1. The number of nitrogens with zero attached hydrogens (tertiary/aromatic N) is 8. The predicted octanol–water partition coefficient (Wildman–Crippen LogP) is 3.56. The van der Waals surface area contributed by atoms with Crippen molar-refractivity contribution < 1.29 is 14.3 Å². The van der Waals surface area contributed by atoms with E-state index in [9.17, 15) is 4.79 Å². The minimum absolute atomic E-state index is 0.0887. The second-order valence-corrected chi connectivity index (χ2v) is 10.4. The molecule has 6 rings (SSSR count). The molecule has 2 aliphatic heterocycles. The third-order valence-corrected chi connectivity index (χ3v) is 6.72. The van der Waals surface area contributed by atoms with Gasteiger partial charge in [0.15, 0.2) is 11.6 Å². The van der Waals surface area contributed by atoms with E-state index in [1.165, 1.54) is 0 Å². The molecule has 2 fully saturated rings. The van der Waals surface area contributed by atoms with Crippen molar-refractivity contribution in [2.75, 3.05) is 30.4 Å². The number of methoxy groups -OCH3 is 1. The average Bonchev–Trinajstić information content (AvgIpc) is 3.61. The quantitative estimate of drug-likeness (QED) is 0.422. The molecule has 5 heterocycles. The summed E-state index contributed by atoms with van der Waals surface area (Å²) in [6.07, 6.45) is 7.05. The van der Waals surface area contributed by atoms with Crippen molar-refractivity contribution in [2.24, 2.45) is 0 Å². The van der Waals surface area contributed by atoms with Gasteiger partial charge < -0.3 is 24.6 Å². The number of piperazine rings is 1. The van der Waals surface area contributed by atoms with Crippen LogP contribution in [0.5, 0.6) is 5.75 Å². The van der Waals surface area contributed by atoms with Crippen LogP contribution in [-0.2, 0) is 4.74 Å². The third kappa shape index (κ3) is 4.42. The maximum absolute atomic E-state index is 12.7. The van der Waals surface area contributed by atoms with Crippen molar-refractivity contribution in [1.82, 2.24) is 34.6 Å². The first-order valence-corrected chi connectivity index (χ1v) is 12.5. The number of hydrogen-bond acceptors (Lipinski definition) is 10. The van der Waals surface area contributed by atoms with Gasteiger partial charge in [0, 0.05) is 43.0 Å². The highest BCUT2D eigenvalue weighted by Crippen LogP contribution is 2.36. The lowest BCUT2D eigenvalue weighted by Crippen LogP contribution is -2.50. The number of carbonyl (C=O) groups is 1. The van der Waals surface area contributed by atoms with Crippen LogP contribution in [-0.4, -0.2) is 78.6 Å². The van der Waals surface area contributed by atoms with Crippen molar-refractivity contribution in [2.45, 2.75) is 44.9 Å². The second kappa shape index (κ2) is 9.12. The Morgan fingerprint density at radius 3 is 2.61 bits per heavy atom. The predicted molar refractivity (Wildman–Crippen MR) is 141 cm³/mol. The highest BCUT2D eigenvalue weighted by atomic mass is 16.6. The van der Waals surface area contributed by atoms with Crippen molar-refractivity contribution in [3.63, 3.8) is 0 Å². The van der Waals surface area contributed by atoms with Crippen molar-refractivity contribution >= 4 is 34.4 Å². The van der Waals surface area contributed by atoms with Gasteiger partial charge in [-0.1, -0.05) is 0 Å². The summed E-state index contributed by atoms with van der Waals surface area (Å²) < 4.78 is 12.8. The van der Waals surface area contributed by atoms with Crippen LogP contribution in [0.2, 0.25) is 0 Å². The lowest BCUT2D eigenvalue weighted by Gasteiger charge is -2.35. The molecule has 3 aromatic heterocycles. The fraction of sp³-hybridized carbons (Fsp3) is 0.385. The first-order valence-electron chi connectivity index (χ1n) is 12.5. The lowest BCUT2D eigenvalue weighted by molar-refractivity contribution is 0.0214. The molecule has 0 unspecified atom stereocenters. The van der Waals surface area contributed by atoms with E-state index in [4.69, 9.17) is 14.6 Å². The molecule has 2 aliphatic rings. The van der Waals surface area contributed by atoms with Gasteiger partial charge in [-0.3, -0.25) is 4.98 Å². The van der Waals surface area contributed by atoms with Crippen molar-refractivity contribution in [3.8, 4) is 11.6 Å². The molecule has 0 aliphatic carbocycles. The molecular formula is C26H29N9O3. The summed E-state index contributed by atoms with van der Waals surface area (Å²) in [6.45, 7) is 6.95. The van der Waals surface area contributed by atoms with Crippen LogP contribution in [0.1, 0.15) is 27.2 Å². The van der Waals surface area contributed by atoms with Gasteiger partial charge in [-0.05, 0) is 39.3 Å². The Balaban J connectivity index is 1.30. The first kappa shape index (κ1) is 23.9. The van der Waals surface area contributed by atoms with Gasteiger partial charge in [0.25, 0.3) is 0 Å². The van der Waals surface area contributed by atoms with Crippen LogP contribution in [0.3, 0.4) is 0 Å². The fourth-order valence-electron chi connectivity index (χ4n) is 5.08. The Morgan fingerprint density at radius 1 is 1.05 bits per heavy atom. The summed E-state index contributed by atoms with van der Waals surface area (Å²) in [5.74, 6) is 3.32. The summed E-state index contributed by atoms with van der Waals surface area (Å²) in [5.41, 5.74) is 0.301. The van der Waals surface area contributed by atoms with Gasteiger partial charge in [0.2, 0.25) is 0 Å². The molecule has 1 N–H and O–H groups in total. The number of amides is 1. The number of nitrogens with one attached hydrogen (secondary N) is 1. The van der Waals surface area contributed by atoms with E-state index < -0.39 is 5.60 Å². The summed E-state index contributed by atoms with van der Waals surface area (Å²) >= 11 is 0. The lowest BCUT2D eigenvalue weighted by atomic mass is 10.2. The summed E-state index contributed by atoms with van der Waals surface area (Å²) in [5, 5.41) is 8.95. The number of hydrogen-bond donors (Lipinski definition) is 1. The van der Waals surface area contributed by atoms with Crippen LogP contribution in [0.25, 0.3) is 16.7 Å². The van der Waals surface area contributed by atoms with E-state index in [2.05, 4.69) is 30.2 Å². The van der Waals surface area contributed by atoms with Gasteiger partial charge in [-0.25, -0.2) is 24.4 Å². The normalized spacial score (nSPS) is 18.7. The molecule has 2 atom stereocenters. The highest BCUT2D eigenvalue weighted by molar-refractivity contribution is 5.93. The standard InChI is InChI=1S/C26H29N9O3/c1-26(2,3)38-25(36)34-14-16-9-17(34)13-33(16)22-11-23(30-15-29-22)35-20-10-18(37-4)5-6-19(20)24(32-35)31-21-12-27-7-8-28-21/h5-8,10-12,15-17H,9,13-14H2,1-4H3,(H,28,31,32)/t16-,17-/m0/s1. The number of likely N-dealkylation sites (tertiary alicyclic amines) is 1. The molecule has 0 spiro atoms. The van der Waals surface area contributed by atoms with E-state index in [1.54, 1.807) is 36.7 Å². The summed E-state index contributed by atoms with van der Waals surface area (Å²) in [4.78, 5) is 34.3. The fourth-order valence-corrected chi connectivity index (χ4v) is 5.08. The molecule has 2 bridgehead atoms. The van der Waals surface area contributed by atoms with Crippen molar-refractivity contribution in [3.05, 3.63) is 49.2 Å². The summed E-state index contributed by atoms with van der Waals surface area (Å²) in [7, 11) is 1.63.